The number of hydrogen-bond donors (Lipinski definition) is 1. The second kappa shape index (κ2) is 11.8. The first-order chi connectivity index (χ1) is 15.9. The molecule has 6 nitrogen and oxygen atoms in total. The number of carboxylic acid groups (broad SMARTS) is 1. The minimum absolute atomic E-state index is 0.108. The second-order valence-corrected chi connectivity index (χ2v) is 7.83. The van der Waals surface area contributed by atoms with E-state index < -0.39 is 5.97 Å². The van der Waals surface area contributed by atoms with Gasteiger partial charge in [0.2, 0.25) is 0 Å². The van der Waals surface area contributed by atoms with Crippen molar-refractivity contribution in [3.05, 3.63) is 95.3 Å². The third kappa shape index (κ3) is 7.19. The van der Waals surface area contributed by atoms with Crippen LogP contribution in [-0.4, -0.2) is 35.6 Å². The predicted molar refractivity (Wildman–Crippen MR) is 130 cm³/mol. The highest BCUT2D eigenvalue weighted by molar-refractivity contribution is 6.30. The van der Waals surface area contributed by atoms with Crippen LogP contribution >= 0.6 is 11.6 Å². The fourth-order valence-electron chi connectivity index (χ4n) is 3.22. The Morgan fingerprint density at radius 2 is 1.85 bits per heavy atom. The lowest BCUT2D eigenvalue weighted by atomic mass is 9.97. The van der Waals surface area contributed by atoms with E-state index in [-0.39, 0.29) is 18.9 Å². The van der Waals surface area contributed by atoms with E-state index in [1.54, 1.807) is 48.6 Å². The lowest BCUT2D eigenvalue weighted by molar-refractivity contribution is -0.137. The largest absolute Gasteiger partial charge is 0.484 e. The van der Waals surface area contributed by atoms with Crippen molar-refractivity contribution in [1.29, 1.82) is 0 Å². The van der Waals surface area contributed by atoms with Crippen molar-refractivity contribution in [2.45, 2.75) is 19.3 Å². The lowest BCUT2D eigenvalue weighted by Crippen LogP contribution is -2.31. The van der Waals surface area contributed by atoms with Gasteiger partial charge in [-0.2, -0.15) is 0 Å². The number of likely N-dealkylation sites (N-methyl/N-ethyl adjacent to an activating group) is 1. The topological polar surface area (TPSA) is 79.7 Å². The number of nitrogens with zero attached hydrogens (tertiary/aromatic N) is 2. The van der Waals surface area contributed by atoms with Crippen LogP contribution in [0.2, 0.25) is 5.02 Å². The molecule has 3 rings (SSSR count). The molecular weight excluding hydrogens is 440 g/mol. The van der Waals surface area contributed by atoms with Crippen LogP contribution < -0.4 is 9.64 Å². The molecule has 33 heavy (non-hydrogen) atoms. The highest BCUT2D eigenvalue weighted by Crippen LogP contribution is 2.27. The number of allylic oxidation sites excluding steroid dienone is 1. The Kier molecular flexibility index (Phi) is 8.61. The molecule has 1 amide bonds. The van der Waals surface area contributed by atoms with Gasteiger partial charge in [0.25, 0.3) is 5.91 Å². The Morgan fingerprint density at radius 3 is 2.55 bits per heavy atom. The van der Waals surface area contributed by atoms with Crippen molar-refractivity contribution in [1.82, 2.24) is 4.98 Å². The number of aromatic nitrogens is 1. The van der Waals surface area contributed by atoms with Crippen LogP contribution in [0.3, 0.4) is 0 Å². The van der Waals surface area contributed by atoms with E-state index in [9.17, 15) is 9.59 Å². The molecule has 1 N–H and O–H groups in total. The number of ether oxygens (including phenoxy) is 1. The minimum atomic E-state index is -0.811. The van der Waals surface area contributed by atoms with E-state index in [0.717, 1.165) is 22.4 Å². The highest BCUT2D eigenvalue weighted by atomic mass is 35.5. The number of hydrogen-bond acceptors (Lipinski definition) is 4. The number of carboxylic acids is 1. The van der Waals surface area contributed by atoms with Crippen molar-refractivity contribution in [3.63, 3.8) is 0 Å². The third-order valence-corrected chi connectivity index (χ3v) is 5.26. The first kappa shape index (κ1) is 24.0. The summed E-state index contributed by atoms with van der Waals surface area (Å²) in [7, 11) is 1.70. The Labute approximate surface area is 198 Å². The summed E-state index contributed by atoms with van der Waals surface area (Å²) in [6.45, 7) is -0.108. The number of pyridine rings is 1. The Hall–Kier alpha value is -3.64. The van der Waals surface area contributed by atoms with Crippen molar-refractivity contribution >= 4 is 34.7 Å². The maximum atomic E-state index is 12.7. The van der Waals surface area contributed by atoms with Crippen molar-refractivity contribution < 1.29 is 19.4 Å². The molecule has 2 aromatic carbocycles. The van der Waals surface area contributed by atoms with Gasteiger partial charge >= 0.3 is 5.97 Å². The summed E-state index contributed by atoms with van der Waals surface area (Å²) in [5, 5.41) is 9.51. The number of carbonyl (C=O) groups is 2. The molecule has 0 fully saturated rings. The molecule has 0 aliphatic rings. The monoisotopic (exact) mass is 464 g/mol. The maximum absolute atomic E-state index is 12.7. The van der Waals surface area contributed by atoms with E-state index in [1.807, 2.05) is 42.5 Å². The van der Waals surface area contributed by atoms with Gasteiger partial charge < -0.3 is 14.7 Å². The number of rotatable bonds is 10. The number of halogens is 1. The predicted octanol–water partition coefficient (Wildman–Crippen LogP) is 5.46. The van der Waals surface area contributed by atoms with Crippen LogP contribution in [0, 0.1) is 0 Å². The van der Waals surface area contributed by atoms with Gasteiger partial charge in [0.1, 0.15) is 5.75 Å². The molecule has 0 atom stereocenters. The summed E-state index contributed by atoms with van der Waals surface area (Å²) in [6.07, 6.45) is 6.76. The van der Waals surface area contributed by atoms with Crippen LogP contribution in [0.1, 0.15) is 30.4 Å². The maximum Gasteiger partial charge on any atom is 0.303 e. The molecule has 1 heterocycles. The van der Waals surface area contributed by atoms with Gasteiger partial charge in [-0.15, -0.1) is 0 Å². The summed E-state index contributed by atoms with van der Waals surface area (Å²) >= 11 is 5.88. The van der Waals surface area contributed by atoms with E-state index >= 15 is 0 Å². The van der Waals surface area contributed by atoms with Gasteiger partial charge in [0.15, 0.2) is 6.61 Å². The van der Waals surface area contributed by atoms with Crippen LogP contribution in [0.5, 0.6) is 5.75 Å². The molecule has 3 aromatic rings. The fourth-order valence-corrected chi connectivity index (χ4v) is 3.35. The Morgan fingerprint density at radius 1 is 1.09 bits per heavy atom. The normalized spacial score (nSPS) is 11.2. The molecule has 0 spiro atoms. The van der Waals surface area contributed by atoms with Crippen molar-refractivity contribution in [2.75, 3.05) is 18.6 Å². The summed E-state index contributed by atoms with van der Waals surface area (Å²) < 4.78 is 5.58. The first-order valence-electron chi connectivity index (χ1n) is 10.5. The molecule has 0 saturated heterocycles. The number of amides is 1. The van der Waals surface area contributed by atoms with E-state index in [0.29, 0.717) is 23.6 Å². The molecule has 0 saturated carbocycles. The summed E-state index contributed by atoms with van der Waals surface area (Å²) in [6, 6.07) is 18.3. The Balaban J connectivity index is 1.76. The van der Waals surface area contributed by atoms with Gasteiger partial charge in [-0.25, -0.2) is 0 Å². The fraction of sp³-hybridized carbons (Fsp3) is 0.192. The SMILES string of the molecule is CN(C(=O)COc1ccc(Cl)cc1)c1cccc(/C(=C/CCCC(=O)O)c2cccnc2)c1. The number of carbonyl (C=O) groups excluding carboxylic acids is 1. The Bertz CT molecular complexity index is 1110. The third-order valence-electron chi connectivity index (χ3n) is 5.01. The van der Waals surface area contributed by atoms with Crippen LogP contribution in [0.15, 0.2) is 79.1 Å². The van der Waals surface area contributed by atoms with Gasteiger partial charge in [0, 0.05) is 42.1 Å². The molecule has 7 heteroatoms. The zero-order valence-corrected chi connectivity index (χ0v) is 19.0. The number of aliphatic carboxylic acids is 1. The zero-order chi connectivity index (χ0) is 23.6. The van der Waals surface area contributed by atoms with Crippen molar-refractivity contribution in [3.8, 4) is 5.75 Å². The molecule has 0 unspecified atom stereocenters. The van der Waals surface area contributed by atoms with Gasteiger partial charge in [-0.1, -0.05) is 35.9 Å². The smallest absolute Gasteiger partial charge is 0.303 e. The quantitative estimate of drug-likeness (QED) is 0.403. The molecule has 0 aliphatic heterocycles. The van der Waals surface area contributed by atoms with Gasteiger partial charge in [0.05, 0.1) is 0 Å². The van der Waals surface area contributed by atoms with E-state index in [2.05, 4.69) is 4.98 Å². The number of anilines is 1. The van der Waals surface area contributed by atoms with Crippen molar-refractivity contribution in [2.24, 2.45) is 0 Å². The average molecular weight is 465 g/mol. The molecule has 1 aromatic heterocycles. The minimum Gasteiger partial charge on any atom is -0.484 e. The number of unbranched alkanes of at least 4 members (excludes halogenated alkanes) is 1. The second-order valence-electron chi connectivity index (χ2n) is 7.39. The van der Waals surface area contributed by atoms with Gasteiger partial charge in [-0.05, 0) is 66.4 Å². The molecule has 170 valence electrons. The number of benzene rings is 2. The van der Waals surface area contributed by atoms with E-state index in [4.69, 9.17) is 21.4 Å². The highest BCUT2D eigenvalue weighted by Gasteiger charge is 2.14. The molecular formula is C26H25ClN2O4. The first-order valence-corrected chi connectivity index (χ1v) is 10.9. The van der Waals surface area contributed by atoms with Crippen LogP contribution in [0.25, 0.3) is 5.57 Å². The average Bonchev–Trinajstić information content (AvgIpc) is 2.83. The van der Waals surface area contributed by atoms with Crippen LogP contribution in [0.4, 0.5) is 5.69 Å². The summed E-state index contributed by atoms with van der Waals surface area (Å²) in [5.41, 5.74) is 3.49. The van der Waals surface area contributed by atoms with E-state index in [1.165, 1.54) is 0 Å². The zero-order valence-electron chi connectivity index (χ0n) is 18.3. The lowest BCUT2D eigenvalue weighted by Gasteiger charge is -2.19. The standard InChI is InChI=1S/C26H25ClN2O4/c1-29(25(30)18-33-23-13-11-21(27)12-14-23)22-8-4-6-19(16-22)24(9-2-3-10-26(31)32)20-7-5-15-28-17-20/h4-9,11-17H,2-3,10,18H2,1H3,(H,31,32)/b24-9-. The molecule has 0 bridgehead atoms. The van der Waals surface area contributed by atoms with Gasteiger partial charge in [-0.3, -0.25) is 14.6 Å². The van der Waals surface area contributed by atoms with Crippen LogP contribution in [-0.2, 0) is 9.59 Å². The molecule has 0 radical (unpaired) electrons. The molecule has 0 aliphatic carbocycles. The summed E-state index contributed by atoms with van der Waals surface area (Å²) in [5.74, 6) is -0.442. The summed E-state index contributed by atoms with van der Waals surface area (Å²) in [4.78, 5) is 29.3.